The smallest absolute Gasteiger partial charge is 0.331 e. The molecule has 3 saturated carbocycles. The van der Waals surface area contributed by atoms with E-state index in [-0.39, 0.29) is 35.8 Å². The molecule has 0 radical (unpaired) electrons. The summed E-state index contributed by atoms with van der Waals surface area (Å²) in [6.45, 7) is 10.8. The molecule has 3 aliphatic carbocycles. The summed E-state index contributed by atoms with van der Waals surface area (Å²) in [5.41, 5.74) is 3.04. The third-order valence-electron chi connectivity index (χ3n) is 8.70. The Morgan fingerprint density at radius 2 is 1.83 bits per heavy atom. The molecule has 0 unspecified atom stereocenters. The molecule has 0 aromatic carbocycles. The van der Waals surface area contributed by atoms with Crippen LogP contribution in [0.5, 0.6) is 0 Å². The van der Waals surface area contributed by atoms with Crippen molar-refractivity contribution in [2.24, 2.45) is 22.7 Å². The first-order valence-corrected chi connectivity index (χ1v) is 11.9. The highest BCUT2D eigenvalue weighted by Crippen LogP contribution is 2.70. The van der Waals surface area contributed by atoms with E-state index in [1.54, 1.807) is 6.08 Å². The average Bonchev–Trinajstić information content (AvgIpc) is 3.59. The van der Waals surface area contributed by atoms with Crippen molar-refractivity contribution in [3.63, 3.8) is 0 Å². The second-order valence-electron chi connectivity index (χ2n) is 11.0. The number of ether oxygens (including phenoxy) is 3. The lowest BCUT2D eigenvalue weighted by atomic mass is 9.47. The van der Waals surface area contributed by atoms with Gasteiger partial charge in [-0.1, -0.05) is 18.6 Å². The zero-order valence-corrected chi connectivity index (χ0v) is 19.7. The van der Waals surface area contributed by atoms with Crippen LogP contribution in [0.3, 0.4) is 0 Å². The van der Waals surface area contributed by atoms with Gasteiger partial charge in [0.25, 0.3) is 0 Å². The first-order chi connectivity index (χ1) is 14.2. The minimum atomic E-state index is -0.243. The van der Waals surface area contributed by atoms with Crippen molar-refractivity contribution in [2.75, 3.05) is 7.11 Å². The van der Waals surface area contributed by atoms with Crippen molar-refractivity contribution in [3.05, 3.63) is 23.3 Å². The summed E-state index contributed by atoms with van der Waals surface area (Å²) in [7, 11) is 1.81. The highest BCUT2D eigenvalue weighted by atomic mass is 16.6. The van der Waals surface area contributed by atoms with Gasteiger partial charge in [0, 0.05) is 13.2 Å². The van der Waals surface area contributed by atoms with Gasteiger partial charge in [-0.3, -0.25) is 0 Å². The lowest BCUT2D eigenvalue weighted by molar-refractivity contribution is -0.190. The maximum Gasteiger partial charge on any atom is 0.331 e. The fourth-order valence-electron chi connectivity index (χ4n) is 6.62. The van der Waals surface area contributed by atoms with Gasteiger partial charge in [0.1, 0.15) is 12.2 Å². The van der Waals surface area contributed by atoms with Crippen LogP contribution in [0.25, 0.3) is 0 Å². The number of epoxide rings is 1. The zero-order valence-electron chi connectivity index (χ0n) is 19.7. The highest BCUT2D eigenvalue weighted by Gasteiger charge is 2.65. The molecule has 1 heterocycles. The van der Waals surface area contributed by atoms with Crippen LogP contribution in [-0.2, 0) is 19.0 Å². The van der Waals surface area contributed by atoms with Gasteiger partial charge in [0.05, 0.1) is 12.2 Å². The molecule has 7 atom stereocenters. The molecular formula is C26H40O4. The normalized spacial score (nSPS) is 41.7. The van der Waals surface area contributed by atoms with Gasteiger partial charge >= 0.3 is 5.97 Å². The zero-order chi connectivity index (χ0) is 21.7. The van der Waals surface area contributed by atoms with Gasteiger partial charge in [-0.2, -0.15) is 0 Å². The number of methoxy groups -OCH3 is 1. The molecule has 4 heteroatoms. The largest absolute Gasteiger partial charge is 0.456 e. The van der Waals surface area contributed by atoms with Gasteiger partial charge in [0.2, 0.25) is 0 Å². The summed E-state index contributed by atoms with van der Waals surface area (Å²) in [6, 6.07) is 0. The Hall–Kier alpha value is -1.13. The first kappa shape index (κ1) is 22.1. The number of esters is 1. The summed E-state index contributed by atoms with van der Waals surface area (Å²) >= 11 is 0. The number of allylic oxidation sites excluding steroid dienone is 2. The number of carbonyl (C=O) groups is 1. The van der Waals surface area contributed by atoms with Crippen molar-refractivity contribution in [1.82, 2.24) is 0 Å². The van der Waals surface area contributed by atoms with Crippen LogP contribution in [0.15, 0.2) is 23.3 Å². The fraction of sp³-hybridized carbons (Fsp3) is 0.808. The Bertz CT molecular complexity index is 729. The second-order valence-corrected chi connectivity index (χ2v) is 11.0. The fourth-order valence-corrected chi connectivity index (χ4v) is 6.62. The van der Waals surface area contributed by atoms with Crippen molar-refractivity contribution < 1.29 is 19.0 Å². The minimum absolute atomic E-state index is 0.00509. The molecule has 1 spiro atoms. The molecule has 0 aromatic rings. The van der Waals surface area contributed by atoms with Crippen molar-refractivity contribution >= 4 is 5.97 Å². The van der Waals surface area contributed by atoms with E-state index in [1.165, 1.54) is 31.3 Å². The lowest BCUT2D eigenvalue weighted by Crippen LogP contribution is -2.58. The molecular weight excluding hydrogens is 376 g/mol. The van der Waals surface area contributed by atoms with Crippen LogP contribution >= 0.6 is 0 Å². The molecule has 30 heavy (non-hydrogen) atoms. The van der Waals surface area contributed by atoms with E-state index >= 15 is 0 Å². The molecule has 4 rings (SSSR count). The highest BCUT2D eigenvalue weighted by molar-refractivity contribution is 5.83. The van der Waals surface area contributed by atoms with Gasteiger partial charge < -0.3 is 14.2 Å². The number of carbonyl (C=O) groups excluding carboxylic acids is 1. The van der Waals surface area contributed by atoms with E-state index in [4.69, 9.17) is 14.2 Å². The van der Waals surface area contributed by atoms with E-state index in [0.29, 0.717) is 17.3 Å². The molecule has 4 aliphatic rings. The van der Waals surface area contributed by atoms with Crippen LogP contribution < -0.4 is 0 Å². The third-order valence-corrected chi connectivity index (χ3v) is 8.70. The van der Waals surface area contributed by atoms with E-state index in [9.17, 15) is 4.79 Å². The van der Waals surface area contributed by atoms with Crippen LogP contribution in [0, 0.1) is 22.7 Å². The number of rotatable bonds is 7. The standard InChI is InChI=1S/C26H40O4/c1-16(2)7-8-19-9-11-25(19,5)24-23(28-6)20(10-12-26(24)13-14-26)30-21(27)15-17(3)22-18(4)29-22/h7,15,18-20,22-24H,8-14H2,1-6H3/b17-15+/t18-,19+,20-,22-,23-,24-,25+/m1/s1. The van der Waals surface area contributed by atoms with Crippen LogP contribution in [0.2, 0.25) is 0 Å². The second kappa shape index (κ2) is 8.09. The number of hydrogen-bond acceptors (Lipinski definition) is 4. The molecule has 4 nitrogen and oxygen atoms in total. The molecule has 0 bridgehead atoms. The molecule has 0 aromatic heterocycles. The summed E-state index contributed by atoms with van der Waals surface area (Å²) in [5, 5.41) is 0. The minimum Gasteiger partial charge on any atom is -0.456 e. The van der Waals surface area contributed by atoms with E-state index in [2.05, 4.69) is 26.8 Å². The summed E-state index contributed by atoms with van der Waals surface area (Å²) in [4.78, 5) is 12.7. The predicted molar refractivity (Wildman–Crippen MR) is 118 cm³/mol. The van der Waals surface area contributed by atoms with Crippen LogP contribution in [0.4, 0.5) is 0 Å². The topological polar surface area (TPSA) is 48.1 Å². The van der Waals surface area contributed by atoms with Crippen molar-refractivity contribution in [2.45, 2.75) is 104 Å². The molecule has 1 saturated heterocycles. The van der Waals surface area contributed by atoms with E-state index in [0.717, 1.165) is 24.8 Å². The Morgan fingerprint density at radius 3 is 2.33 bits per heavy atom. The summed E-state index contributed by atoms with van der Waals surface area (Å²) < 4.78 is 17.6. The molecule has 1 aliphatic heterocycles. The van der Waals surface area contributed by atoms with Crippen molar-refractivity contribution in [3.8, 4) is 0 Å². The van der Waals surface area contributed by atoms with E-state index in [1.807, 2.05) is 21.0 Å². The summed E-state index contributed by atoms with van der Waals surface area (Å²) in [5.74, 6) is 0.938. The monoisotopic (exact) mass is 416 g/mol. The summed E-state index contributed by atoms with van der Waals surface area (Å²) in [6.07, 6.45) is 12.6. The quantitative estimate of drug-likeness (QED) is 0.234. The van der Waals surface area contributed by atoms with Gasteiger partial charge in [0.15, 0.2) is 0 Å². The molecule has 168 valence electrons. The number of hydrogen-bond donors (Lipinski definition) is 0. The Balaban J connectivity index is 1.50. The van der Waals surface area contributed by atoms with Gasteiger partial charge in [-0.25, -0.2) is 4.79 Å². The maximum atomic E-state index is 12.7. The SMILES string of the molecule is CO[C@@H]1[C@H](OC(=O)/C=C(\C)[C@H]2O[C@@H]2C)CCC2(CC2)[C@H]1[C@@]1(C)CC[C@@H]1CC=C(C)C. The van der Waals surface area contributed by atoms with Crippen LogP contribution in [0.1, 0.15) is 79.6 Å². The van der Waals surface area contributed by atoms with E-state index < -0.39 is 0 Å². The predicted octanol–water partition coefficient (Wildman–Crippen LogP) is 5.61. The van der Waals surface area contributed by atoms with Gasteiger partial charge in [-0.05, 0) is 101 Å². The Labute approximate surface area is 182 Å². The van der Waals surface area contributed by atoms with Crippen molar-refractivity contribution in [1.29, 1.82) is 0 Å². The molecule has 0 N–H and O–H groups in total. The van der Waals surface area contributed by atoms with Crippen LogP contribution in [-0.4, -0.2) is 37.5 Å². The molecule has 4 fully saturated rings. The van der Waals surface area contributed by atoms with Gasteiger partial charge in [-0.15, -0.1) is 0 Å². The maximum absolute atomic E-state index is 12.7. The lowest BCUT2D eigenvalue weighted by Gasteiger charge is -2.59. The molecule has 0 amide bonds. The first-order valence-electron chi connectivity index (χ1n) is 11.9. The third kappa shape index (κ3) is 4.02. The Kier molecular flexibility index (Phi) is 5.95. The Morgan fingerprint density at radius 1 is 1.13 bits per heavy atom. The average molecular weight is 417 g/mol.